The van der Waals surface area contributed by atoms with E-state index in [2.05, 4.69) is 10.1 Å². The van der Waals surface area contributed by atoms with Gasteiger partial charge in [0.1, 0.15) is 11.8 Å². The van der Waals surface area contributed by atoms with Gasteiger partial charge in [0, 0.05) is 6.07 Å². The lowest BCUT2D eigenvalue weighted by atomic mass is 10.1. The van der Waals surface area contributed by atoms with Crippen molar-refractivity contribution in [3.63, 3.8) is 0 Å². The molecule has 1 fully saturated rings. The largest absolute Gasteiger partial charge is 0.468 e. The van der Waals surface area contributed by atoms with Crippen LogP contribution in [0.25, 0.3) is 6.08 Å². The second-order valence-electron chi connectivity index (χ2n) is 6.42. The van der Waals surface area contributed by atoms with Gasteiger partial charge in [-0.25, -0.2) is 0 Å². The standard InChI is InChI=1S/C20H17N3O7S/c1-29-19(25)14(21)8-11-2-5-13(6-3-11)30-16-7-4-12(9-15(16)23(27)28)10-17-18(24)22-20(26)31-17/h2-7,9-10,14H,8,21H2,1H3,(H,22,24,26). The number of amides is 2. The average molecular weight is 443 g/mol. The molecule has 0 saturated carbocycles. The van der Waals surface area contributed by atoms with E-state index in [-0.39, 0.29) is 22.8 Å². The molecule has 1 heterocycles. The lowest BCUT2D eigenvalue weighted by Crippen LogP contribution is -2.33. The maximum atomic E-state index is 11.7. The van der Waals surface area contributed by atoms with Gasteiger partial charge in [-0.05, 0) is 53.6 Å². The summed E-state index contributed by atoms with van der Waals surface area (Å²) in [5.41, 5.74) is 6.57. The molecule has 0 aliphatic carbocycles. The Hall–Kier alpha value is -3.70. The number of nitrogens with two attached hydrogens (primary N) is 1. The summed E-state index contributed by atoms with van der Waals surface area (Å²) in [7, 11) is 1.26. The van der Waals surface area contributed by atoms with Crippen LogP contribution in [0.5, 0.6) is 11.5 Å². The molecule has 2 aromatic rings. The van der Waals surface area contributed by atoms with E-state index in [9.17, 15) is 24.5 Å². The highest BCUT2D eigenvalue weighted by molar-refractivity contribution is 8.18. The molecule has 0 aromatic heterocycles. The Labute approximate surface area is 180 Å². The molecular weight excluding hydrogens is 426 g/mol. The molecular formula is C20H17N3O7S. The average Bonchev–Trinajstić information content (AvgIpc) is 3.06. The Bertz CT molecular complexity index is 1080. The fourth-order valence-corrected chi connectivity index (χ4v) is 3.42. The number of esters is 1. The summed E-state index contributed by atoms with van der Waals surface area (Å²) in [6.07, 6.45) is 1.66. The molecule has 1 unspecified atom stereocenters. The summed E-state index contributed by atoms with van der Waals surface area (Å²) in [5.74, 6) is -0.722. The Morgan fingerprint density at radius 1 is 1.26 bits per heavy atom. The minimum atomic E-state index is -0.796. The maximum absolute atomic E-state index is 11.7. The summed E-state index contributed by atoms with van der Waals surface area (Å²) in [5, 5.41) is 13.1. The maximum Gasteiger partial charge on any atom is 0.322 e. The second-order valence-corrected chi connectivity index (χ2v) is 7.43. The van der Waals surface area contributed by atoms with Crippen molar-refractivity contribution in [3.05, 3.63) is 68.6 Å². The van der Waals surface area contributed by atoms with Crippen molar-refractivity contribution in [1.82, 2.24) is 5.32 Å². The number of thioether (sulfide) groups is 1. The van der Waals surface area contributed by atoms with Gasteiger partial charge in [0.15, 0.2) is 0 Å². The van der Waals surface area contributed by atoms with E-state index < -0.39 is 28.1 Å². The third-order valence-corrected chi connectivity index (χ3v) is 5.04. The predicted molar refractivity (Wildman–Crippen MR) is 112 cm³/mol. The first-order valence-electron chi connectivity index (χ1n) is 8.90. The van der Waals surface area contributed by atoms with E-state index in [1.807, 2.05) is 0 Å². The molecule has 11 heteroatoms. The molecule has 2 amide bonds. The lowest BCUT2D eigenvalue weighted by Gasteiger charge is -2.10. The second kappa shape index (κ2) is 9.41. The zero-order valence-electron chi connectivity index (χ0n) is 16.2. The molecule has 1 saturated heterocycles. The van der Waals surface area contributed by atoms with Gasteiger partial charge in [-0.2, -0.15) is 0 Å². The fourth-order valence-electron chi connectivity index (χ4n) is 2.73. The molecule has 3 N–H and O–H groups in total. The number of imide groups is 1. The molecule has 10 nitrogen and oxygen atoms in total. The van der Waals surface area contributed by atoms with Crippen LogP contribution in [-0.2, 0) is 20.7 Å². The van der Waals surface area contributed by atoms with Crippen LogP contribution >= 0.6 is 11.8 Å². The zero-order chi connectivity index (χ0) is 22.5. The molecule has 1 aliphatic heterocycles. The summed E-state index contributed by atoms with van der Waals surface area (Å²) < 4.78 is 10.2. The number of nitro benzene ring substituents is 1. The molecule has 1 aliphatic rings. The number of benzene rings is 2. The minimum absolute atomic E-state index is 0.00534. The Morgan fingerprint density at radius 2 is 1.97 bits per heavy atom. The van der Waals surface area contributed by atoms with Crippen LogP contribution in [0.2, 0.25) is 0 Å². The van der Waals surface area contributed by atoms with Crippen molar-refractivity contribution in [2.75, 3.05) is 7.11 Å². The van der Waals surface area contributed by atoms with Gasteiger partial charge in [-0.1, -0.05) is 18.2 Å². The third kappa shape index (κ3) is 5.47. The summed E-state index contributed by atoms with van der Waals surface area (Å²) >= 11 is 0.721. The summed E-state index contributed by atoms with van der Waals surface area (Å²) in [6, 6.07) is 9.98. The van der Waals surface area contributed by atoms with Gasteiger partial charge in [-0.3, -0.25) is 29.8 Å². The smallest absolute Gasteiger partial charge is 0.322 e. The molecule has 2 aromatic carbocycles. The summed E-state index contributed by atoms with van der Waals surface area (Å²) in [6.45, 7) is 0. The lowest BCUT2D eigenvalue weighted by molar-refractivity contribution is -0.385. The van der Waals surface area contributed by atoms with Crippen molar-refractivity contribution in [2.45, 2.75) is 12.5 Å². The third-order valence-electron chi connectivity index (χ3n) is 4.23. The molecule has 160 valence electrons. The van der Waals surface area contributed by atoms with Gasteiger partial charge in [0.25, 0.3) is 11.1 Å². The number of hydrogen-bond donors (Lipinski definition) is 2. The van der Waals surface area contributed by atoms with E-state index in [0.29, 0.717) is 11.3 Å². The van der Waals surface area contributed by atoms with E-state index >= 15 is 0 Å². The molecule has 0 bridgehead atoms. The van der Waals surface area contributed by atoms with Crippen LogP contribution in [0.4, 0.5) is 10.5 Å². The number of methoxy groups -OCH3 is 1. The fraction of sp³-hybridized carbons (Fsp3) is 0.150. The van der Waals surface area contributed by atoms with Gasteiger partial charge < -0.3 is 15.2 Å². The van der Waals surface area contributed by atoms with E-state index in [0.717, 1.165) is 17.3 Å². The van der Waals surface area contributed by atoms with E-state index in [1.165, 1.54) is 31.4 Å². The van der Waals surface area contributed by atoms with Crippen LogP contribution in [0.15, 0.2) is 47.4 Å². The topological polar surface area (TPSA) is 151 Å². The summed E-state index contributed by atoms with van der Waals surface area (Å²) in [4.78, 5) is 45.4. The first-order chi connectivity index (χ1) is 14.8. The number of hydrogen-bond acceptors (Lipinski definition) is 9. The van der Waals surface area contributed by atoms with Crippen molar-refractivity contribution < 1.29 is 28.8 Å². The monoisotopic (exact) mass is 443 g/mol. The number of ether oxygens (including phenoxy) is 2. The van der Waals surface area contributed by atoms with E-state index in [4.69, 9.17) is 10.5 Å². The van der Waals surface area contributed by atoms with Crippen LogP contribution in [0.1, 0.15) is 11.1 Å². The van der Waals surface area contributed by atoms with Crippen LogP contribution in [0.3, 0.4) is 0 Å². The van der Waals surface area contributed by atoms with Crippen LogP contribution < -0.4 is 15.8 Å². The van der Waals surface area contributed by atoms with Crippen molar-refractivity contribution in [2.24, 2.45) is 5.73 Å². The number of rotatable bonds is 7. The predicted octanol–water partition coefficient (Wildman–Crippen LogP) is 2.75. The molecule has 1 atom stereocenters. The Balaban J connectivity index is 1.77. The van der Waals surface area contributed by atoms with Crippen LogP contribution in [0, 0.1) is 10.1 Å². The highest BCUT2D eigenvalue weighted by atomic mass is 32.2. The van der Waals surface area contributed by atoms with E-state index in [1.54, 1.807) is 24.3 Å². The first kappa shape index (κ1) is 22.0. The SMILES string of the molecule is COC(=O)C(N)Cc1ccc(Oc2ccc(C=C3SC(=O)NC3=O)cc2[N+](=O)[O-])cc1. The molecule has 0 spiro atoms. The number of nitrogens with one attached hydrogen (secondary N) is 1. The number of carbonyl (C=O) groups excluding carboxylic acids is 3. The van der Waals surface area contributed by atoms with Crippen LogP contribution in [-0.4, -0.2) is 35.2 Å². The number of nitro groups is 1. The minimum Gasteiger partial charge on any atom is -0.468 e. The highest BCUT2D eigenvalue weighted by Crippen LogP contribution is 2.34. The number of carbonyl (C=O) groups is 3. The molecule has 0 radical (unpaired) electrons. The van der Waals surface area contributed by atoms with Crippen molar-refractivity contribution in [1.29, 1.82) is 0 Å². The first-order valence-corrected chi connectivity index (χ1v) is 9.72. The zero-order valence-corrected chi connectivity index (χ0v) is 17.0. The molecule has 3 rings (SSSR count). The highest BCUT2D eigenvalue weighted by Gasteiger charge is 2.25. The van der Waals surface area contributed by atoms with Gasteiger partial charge in [0.05, 0.1) is 16.9 Å². The van der Waals surface area contributed by atoms with Gasteiger partial charge in [0.2, 0.25) is 5.75 Å². The quantitative estimate of drug-likeness (QED) is 0.285. The van der Waals surface area contributed by atoms with Gasteiger partial charge in [-0.15, -0.1) is 0 Å². The van der Waals surface area contributed by atoms with Crippen molar-refractivity contribution >= 4 is 40.6 Å². The van der Waals surface area contributed by atoms with Crippen molar-refractivity contribution in [3.8, 4) is 11.5 Å². The van der Waals surface area contributed by atoms with Gasteiger partial charge >= 0.3 is 11.7 Å². The molecule has 31 heavy (non-hydrogen) atoms. The number of nitrogens with zero attached hydrogens (tertiary/aromatic N) is 1. The Morgan fingerprint density at radius 3 is 2.55 bits per heavy atom. The Kier molecular flexibility index (Phi) is 6.68. The normalized spacial score (nSPS) is 15.5.